The highest BCUT2D eigenvalue weighted by atomic mass is 79.9. The van der Waals surface area contributed by atoms with Gasteiger partial charge in [0.1, 0.15) is 0 Å². The van der Waals surface area contributed by atoms with Gasteiger partial charge in [-0.2, -0.15) is 0 Å². The van der Waals surface area contributed by atoms with E-state index in [1.54, 1.807) is 25.5 Å². The van der Waals surface area contributed by atoms with E-state index in [1.807, 2.05) is 0 Å². The van der Waals surface area contributed by atoms with E-state index < -0.39 is 0 Å². The number of aromatic nitrogens is 2. The zero-order valence-electron chi connectivity index (χ0n) is 8.81. The maximum atomic E-state index is 11.8. The number of hydrogen-bond donors (Lipinski definition) is 1. The molecule has 0 bridgehead atoms. The lowest BCUT2D eigenvalue weighted by Gasteiger charge is -2.02. The summed E-state index contributed by atoms with van der Waals surface area (Å²) in [5.74, 6) is -0.343. The van der Waals surface area contributed by atoms with Gasteiger partial charge in [-0.15, -0.1) is 0 Å². The summed E-state index contributed by atoms with van der Waals surface area (Å²) in [5, 5.41) is 3.10. The highest BCUT2D eigenvalue weighted by Crippen LogP contribution is 2.23. The third kappa shape index (κ3) is 2.80. The van der Waals surface area contributed by atoms with Crippen molar-refractivity contribution in [3.63, 3.8) is 0 Å². The van der Waals surface area contributed by atoms with E-state index in [-0.39, 0.29) is 11.5 Å². The minimum Gasteiger partial charge on any atom is -0.319 e. The van der Waals surface area contributed by atoms with E-state index in [9.17, 15) is 9.59 Å². The monoisotopic (exact) mass is 313 g/mol. The number of halogens is 1. The number of nitrogens with zero attached hydrogens (tertiary/aromatic N) is 2. The number of carbonyl (C=O) groups is 1. The summed E-state index contributed by atoms with van der Waals surface area (Å²) in [5.41, 5.74) is 0.0948. The molecule has 2 rings (SSSR count). The van der Waals surface area contributed by atoms with Crippen LogP contribution < -0.4 is 10.9 Å². The largest absolute Gasteiger partial charge is 0.319 e. The van der Waals surface area contributed by atoms with Crippen LogP contribution in [-0.4, -0.2) is 15.5 Å². The molecule has 17 heavy (non-hydrogen) atoms. The van der Waals surface area contributed by atoms with Crippen LogP contribution in [0, 0.1) is 0 Å². The van der Waals surface area contributed by atoms with Crippen LogP contribution in [0.2, 0.25) is 0 Å². The molecule has 0 spiro atoms. The highest BCUT2D eigenvalue weighted by molar-refractivity contribution is 9.11. The lowest BCUT2D eigenvalue weighted by molar-refractivity contribution is 0.102. The summed E-state index contributed by atoms with van der Waals surface area (Å²) in [7, 11) is 1.63. The fraction of sp³-hybridized carbons (Fsp3) is 0.100. The molecule has 0 saturated heterocycles. The predicted octanol–water partition coefficient (Wildman–Crippen LogP) is 1.86. The van der Waals surface area contributed by atoms with Crippen LogP contribution >= 0.6 is 27.3 Å². The summed E-state index contributed by atoms with van der Waals surface area (Å²) in [6, 6.07) is 2.87. The SMILES string of the molecule is Cn1ccc(C(=O)Nc2ncc(Br)s2)cc1=O. The minimum absolute atomic E-state index is 0.224. The van der Waals surface area contributed by atoms with E-state index in [4.69, 9.17) is 0 Å². The number of rotatable bonds is 2. The molecule has 0 unspecified atom stereocenters. The molecule has 0 aliphatic rings. The van der Waals surface area contributed by atoms with Gasteiger partial charge in [0.2, 0.25) is 0 Å². The molecule has 0 radical (unpaired) electrons. The zero-order valence-corrected chi connectivity index (χ0v) is 11.2. The number of nitrogens with one attached hydrogen (secondary N) is 1. The van der Waals surface area contributed by atoms with Crippen LogP contribution in [0.1, 0.15) is 10.4 Å². The van der Waals surface area contributed by atoms with Crippen molar-refractivity contribution in [2.24, 2.45) is 7.05 Å². The third-order valence-corrected chi connectivity index (χ3v) is 3.46. The van der Waals surface area contributed by atoms with Gasteiger partial charge in [-0.3, -0.25) is 14.9 Å². The van der Waals surface area contributed by atoms with Crippen LogP contribution in [0.3, 0.4) is 0 Å². The van der Waals surface area contributed by atoms with Crippen molar-refractivity contribution in [2.45, 2.75) is 0 Å². The molecule has 0 saturated carbocycles. The zero-order chi connectivity index (χ0) is 12.4. The summed E-state index contributed by atoms with van der Waals surface area (Å²) < 4.78 is 2.23. The normalized spacial score (nSPS) is 10.2. The van der Waals surface area contributed by atoms with Crippen molar-refractivity contribution in [1.29, 1.82) is 0 Å². The maximum Gasteiger partial charge on any atom is 0.257 e. The molecule has 7 heteroatoms. The average molecular weight is 314 g/mol. The number of thiazole rings is 1. The molecule has 0 aromatic carbocycles. The lowest BCUT2D eigenvalue weighted by Crippen LogP contribution is -2.19. The van der Waals surface area contributed by atoms with E-state index in [0.29, 0.717) is 10.7 Å². The Morgan fingerprint density at radius 3 is 2.94 bits per heavy atom. The second-order valence-corrected chi connectivity index (χ2v) is 5.70. The fourth-order valence-electron chi connectivity index (χ4n) is 1.17. The third-order valence-electron chi connectivity index (χ3n) is 2.06. The van der Waals surface area contributed by atoms with Crippen LogP contribution in [-0.2, 0) is 7.05 Å². The van der Waals surface area contributed by atoms with E-state index >= 15 is 0 Å². The Labute approximate surface area is 109 Å². The Balaban J connectivity index is 2.20. The smallest absolute Gasteiger partial charge is 0.257 e. The van der Waals surface area contributed by atoms with Crippen molar-refractivity contribution in [3.05, 3.63) is 44.2 Å². The standard InChI is InChI=1S/C10H8BrN3O2S/c1-14-3-2-6(4-8(14)15)9(16)13-10-12-5-7(11)17-10/h2-5H,1H3,(H,12,13,16). The van der Waals surface area contributed by atoms with E-state index in [1.165, 1.54) is 22.0 Å². The van der Waals surface area contributed by atoms with Gasteiger partial charge in [0.05, 0.1) is 9.98 Å². The summed E-state index contributed by atoms with van der Waals surface area (Å²) >= 11 is 4.56. The maximum absolute atomic E-state index is 11.8. The fourth-order valence-corrected chi connectivity index (χ4v) is 2.27. The Kier molecular flexibility index (Phi) is 3.39. The molecule has 0 aliphatic heterocycles. The molecule has 1 N–H and O–H groups in total. The Bertz CT molecular complexity index is 620. The Morgan fingerprint density at radius 1 is 1.59 bits per heavy atom. The quantitative estimate of drug-likeness (QED) is 0.920. The Morgan fingerprint density at radius 2 is 2.35 bits per heavy atom. The van der Waals surface area contributed by atoms with Crippen LogP contribution in [0.25, 0.3) is 0 Å². The van der Waals surface area contributed by atoms with E-state index in [0.717, 1.165) is 3.79 Å². The molecule has 0 aliphatic carbocycles. The summed E-state index contributed by atoms with van der Waals surface area (Å²) in [6.07, 6.45) is 3.15. The van der Waals surface area contributed by atoms with Gasteiger partial charge in [-0.1, -0.05) is 11.3 Å². The molecule has 2 aromatic heterocycles. The second kappa shape index (κ2) is 4.80. The molecule has 0 atom stereocenters. The van der Waals surface area contributed by atoms with E-state index in [2.05, 4.69) is 26.2 Å². The molecular weight excluding hydrogens is 306 g/mol. The van der Waals surface area contributed by atoms with Gasteiger partial charge in [-0.05, 0) is 22.0 Å². The van der Waals surface area contributed by atoms with Crippen molar-refractivity contribution < 1.29 is 4.79 Å². The lowest BCUT2D eigenvalue weighted by atomic mass is 10.2. The van der Waals surface area contributed by atoms with Crippen molar-refractivity contribution in [1.82, 2.24) is 9.55 Å². The summed E-state index contributed by atoms with van der Waals surface area (Å²) in [4.78, 5) is 27.1. The van der Waals surface area contributed by atoms with Crippen LogP contribution in [0.5, 0.6) is 0 Å². The molecule has 2 heterocycles. The molecule has 88 valence electrons. The first-order chi connectivity index (χ1) is 8.06. The van der Waals surface area contributed by atoms with Gasteiger partial charge in [0.15, 0.2) is 5.13 Å². The number of pyridine rings is 1. The Hall–Kier alpha value is -1.47. The number of carbonyl (C=O) groups excluding carboxylic acids is 1. The van der Waals surface area contributed by atoms with Crippen molar-refractivity contribution in [2.75, 3.05) is 5.32 Å². The molecular formula is C10H8BrN3O2S. The second-order valence-electron chi connectivity index (χ2n) is 3.29. The van der Waals surface area contributed by atoms with Gasteiger partial charge in [-0.25, -0.2) is 4.98 Å². The predicted molar refractivity (Wildman–Crippen MR) is 69.5 cm³/mol. The number of anilines is 1. The summed E-state index contributed by atoms with van der Waals surface area (Å²) in [6.45, 7) is 0. The van der Waals surface area contributed by atoms with Gasteiger partial charge >= 0.3 is 0 Å². The van der Waals surface area contributed by atoms with Crippen LogP contribution in [0.4, 0.5) is 5.13 Å². The van der Waals surface area contributed by atoms with Crippen LogP contribution in [0.15, 0.2) is 33.1 Å². The average Bonchev–Trinajstić information content (AvgIpc) is 2.68. The van der Waals surface area contributed by atoms with Gasteiger partial charge in [0, 0.05) is 24.9 Å². The first kappa shape index (κ1) is 12.0. The number of hydrogen-bond acceptors (Lipinski definition) is 4. The number of aryl methyl sites for hydroxylation is 1. The van der Waals surface area contributed by atoms with Gasteiger partial charge in [0.25, 0.3) is 11.5 Å². The molecule has 5 nitrogen and oxygen atoms in total. The van der Waals surface area contributed by atoms with Crippen molar-refractivity contribution in [3.8, 4) is 0 Å². The highest BCUT2D eigenvalue weighted by Gasteiger charge is 2.09. The minimum atomic E-state index is -0.343. The molecule has 1 amide bonds. The van der Waals surface area contributed by atoms with Gasteiger partial charge < -0.3 is 4.57 Å². The topological polar surface area (TPSA) is 64.0 Å². The van der Waals surface area contributed by atoms with Crippen molar-refractivity contribution >= 4 is 38.3 Å². The molecule has 0 fully saturated rings. The molecule has 2 aromatic rings. The first-order valence-corrected chi connectivity index (χ1v) is 6.26. The first-order valence-electron chi connectivity index (χ1n) is 4.65. The number of amides is 1.